The van der Waals surface area contributed by atoms with Gasteiger partial charge in [-0.2, -0.15) is 0 Å². The molecule has 13 heavy (non-hydrogen) atoms. The molecule has 0 aromatic carbocycles. The first-order chi connectivity index (χ1) is 6.16. The molecule has 0 bridgehead atoms. The van der Waals surface area contributed by atoms with Crippen LogP contribution in [0.25, 0.3) is 0 Å². The van der Waals surface area contributed by atoms with Crippen molar-refractivity contribution in [3.8, 4) is 0 Å². The molecule has 1 amide bonds. The number of likely N-dealkylation sites (N-methyl/N-ethyl adjacent to an activating group) is 1. The topological polar surface area (TPSA) is 75.6 Å². The molecule has 0 aliphatic carbocycles. The molecule has 0 spiro atoms. The molecule has 5 nitrogen and oxygen atoms in total. The summed E-state index contributed by atoms with van der Waals surface area (Å²) in [4.78, 5) is 13.4. The first kappa shape index (κ1) is 9.85. The van der Waals surface area contributed by atoms with Gasteiger partial charge in [0, 0.05) is 26.3 Å². The van der Waals surface area contributed by atoms with Gasteiger partial charge in [0.25, 0.3) is 5.91 Å². The van der Waals surface area contributed by atoms with Crippen LogP contribution in [-0.4, -0.2) is 36.0 Å². The molecule has 1 heterocycles. The highest BCUT2D eigenvalue weighted by Crippen LogP contribution is 2.11. The Morgan fingerprint density at radius 1 is 1.46 bits per heavy atom. The second kappa shape index (κ2) is 4.13. The number of likely N-dealkylation sites (tertiary alicyclic amines) is 1. The SMILES string of the molecule is CN(N)/C(=C\N)C(=O)N1CCCC1. The van der Waals surface area contributed by atoms with E-state index in [-0.39, 0.29) is 5.91 Å². The van der Waals surface area contributed by atoms with E-state index in [0.29, 0.717) is 5.70 Å². The number of rotatable bonds is 2. The summed E-state index contributed by atoms with van der Waals surface area (Å²) in [6.07, 6.45) is 3.39. The third kappa shape index (κ3) is 2.12. The van der Waals surface area contributed by atoms with Crippen molar-refractivity contribution in [1.29, 1.82) is 0 Å². The maximum Gasteiger partial charge on any atom is 0.273 e. The first-order valence-electron chi connectivity index (χ1n) is 4.36. The molecule has 5 heteroatoms. The second-order valence-electron chi connectivity index (χ2n) is 3.16. The van der Waals surface area contributed by atoms with Crippen LogP contribution in [0.15, 0.2) is 11.9 Å². The average Bonchev–Trinajstić information content (AvgIpc) is 2.56. The zero-order chi connectivity index (χ0) is 9.84. The summed E-state index contributed by atoms with van der Waals surface area (Å²) in [7, 11) is 1.60. The molecule has 1 aliphatic heterocycles. The van der Waals surface area contributed by atoms with Crippen molar-refractivity contribution < 1.29 is 4.79 Å². The minimum atomic E-state index is -0.0787. The fraction of sp³-hybridized carbons (Fsp3) is 0.625. The van der Waals surface area contributed by atoms with Crippen LogP contribution < -0.4 is 11.6 Å². The van der Waals surface area contributed by atoms with E-state index in [1.165, 1.54) is 11.2 Å². The van der Waals surface area contributed by atoms with Crippen molar-refractivity contribution in [2.45, 2.75) is 12.8 Å². The van der Waals surface area contributed by atoms with E-state index < -0.39 is 0 Å². The van der Waals surface area contributed by atoms with Gasteiger partial charge in [-0.1, -0.05) is 0 Å². The number of hydrogen-bond donors (Lipinski definition) is 2. The van der Waals surface area contributed by atoms with E-state index in [9.17, 15) is 4.79 Å². The lowest BCUT2D eigenvalue weighted by atomic mass is 10.4. The molecule has 0 atom stereocenters. The Balaban J connectivity index is 2.64. The van der Waals surface area contributed by atoms with Crippen molar-refractivity contribution in [3.63, 3.8) is 0 Å². The van der Waals surface area contributed by atoms with Crippen LogP contribution in [0.1, 0.15) is 12.8 Å². The Hall–Kier alpha value is -1.23. The van der Waals surface area contributed by atoms with Gasteiger partial charge in [-0.3, -0.25) is 4.79 Å². The standard InChI is InChI=1S/C8H16N4O/c1-11(10)7(6-9)8(13)12-4-2-3-5-12/h6H,2-5,9-10H2,1H3/b7-6-. The van der Waals surface area contributed by atoms with Crippen molar-refractivity contribution in [2.24, 2.45) is 11.6 Å². The molecule has 74 valence electrons. The van der Waals surface area contributed by atoms with E-state index in [1.54, 1.807) is 11.9 Å². The number of hydrogen-bond acceptors (Lipinski definition) is 4. The number of hydrazine groups is 1. The largest absolute Gasteiger partial charge is 0.403 e. The molecule has 1 aliphatic rings. The van der Waals surface area contributed by atoms with Crippen LogP contribution in [0, 0.1) is 0 Å². The Kier molecular flexibility index (Phi) is 3.13. The molecule has 0 aromatic heterocycles. The summed E-state index contributed by atoms with van der Waals surface area (Å²) in [5.41, 5.74) is 5.66. The molecule has 4 N–H and O–H groups in total. The lowest BCUT2D eigenvalue weighted by molar-refractivity contribution is -0.127. The van der Waals surface area contributed by atoms with Gasteiger partial charge >= 0.3 is 0 Å². The van der Waals surface area contributed by atoms with Gasteiger partial charge in [0.15, 0.2) is 0 Å². The summed E-state index contributed by atoms with van der Waals surface area (Å²) in [6.45, 7) is 1.62. The fourth-order valence-corrected chi connectivity index (χ4v) is 1.42. The van der Waals surface area contributed by atoms with Gasteiger partial charge in [-0.25, -0.2) is 5.84 Å². The fourth-order valence-electron chi connectivity index (χ4n) is 1.42. The molecule has 1 fully saturated rings. The number of nitrogens with two attached hydrogens (primary N) is 2. The Morgan fingerprint density at radius 3 is 2.38 bits per heavy atom. The Labute approximate surface area is 77.9 Å². The normalized spacial score (nSPS) is 17.7. The van der Waals surface area contributed by atoms with Crippen LogP contribution in [-0.2, 0) is 4.79 Å². The third-order valence-electron chi connectivity index (χ3n) is 2.15. The van der Waals surface area contributed by atoms with E-state index in [0.717, 1.165) is 25.9 Å². The van der Waals surface area contributed by atoms with E-state index in [4.69, 9.17) is 11.6 Å². The molecule has 1 rings (SSSR count). The number of nitrogens with zero attached hydrogens (tertiary/aromatic N) is 2. The zero-order valence-electron chi connectivity index (χ0n) is 7.86. The van der Waals surface area contributed by atoms with Gasteiger partial charge in [0.05, 0.1) is 0 Å². The van der Waals surface area contributed by atoms with Gasteiger partial charge in [-0.05, 0) is 12.8 Å². The Morgan fingerprint density at radius 2 is 2.00 bits per heavy atom. The highest BCUT2D eigenvalue weighted by Gasteiger charge is 2.22. The van der Waals surface area contributed by atoms with Crippen LogP contribution in [0.5, 0.6) is 0 Å². The van der Waals surface area contributed by atoms with Crippen molar-refractivity contribution >= 4 is 5.91 Å². The van der Waals surface area contributed by atoms with Gasteiger partial charge < -0.3 is 15.6 Å². The van der Waals surface area contributed by atoms with E-state index in [1.807, 2.05) is 0 Å². The molecule has 0 unspecified atom stereocenters. The molecule has 1 saturated heterocycles. The summed E-state index contributed by atoms with van der Waals surface area (Å²) < 4.78 is 0. The molecule has 0 radical (unpaired) electrons. The predicted molar refractivity (Wildman–Crippen MR) is 50.0 cm³/mol. The van der Waals surface area contributed by atoms with Crippen molar-refractivity contribution in [2.75, 3.05) is 20.1 Å². The second-order valence-corrected chi connectivity index (χ2v) is 3.16. The molecular formula is C8H16N4O. The van der Waals surface area contributed by atoms with Crippen LogP contribution >= 0.6 is 0 Å². The summed E-state index contributed by atoms with van der Waals surface area (Å²) in [6, 6.07) is 0. The molecular weight excluding hydrogens is 168 g/mol. The Bertz CT molecular complexity index is 218. The van der Waals surface area contributed by atoms with Crippen LogP contribution in [0.2, 0.25) is 0 Å². The lowest BCUT2D eigenvalue weighted by Gasteiger charge is -2.21. The van der Waals surface area contributed by atoms with Crippen molar-refractivity contribution in [1.82, 2.24) is 9.91 Å². The van der Waals surface area contributed by atoms with E-state index in [2.05, 4.69) is 0 Å². The summed E-state index contributed by atoms with van der Waals surface area (Å²) in [5.74, 6) is 5.37. The minimum absolute atomic E-state index is 0.0787. The van der Waals surface area contributed by atoms with Gasteiger partial charge in [0.2, 0.25) is 0 Å². The third-order valence-corrected chi connectivity index (χ3v) is 2.15. The first-order valence-corrected chi connectivity index (χ1v) is 4.36. The van der Waals surface area contributed by atoms with Gasteiger partial charge in [-0.15, -0.1) is 0 Å². The average molecular weight is 184 g/mol. The maximum absolute atomic E-state index is 11.7. The smallest absolute Gasteiger partial charge is 0.273 e. The monoisotopic (exact) mass is 184 g/mol. The maximum atomic E-state index is 11.7. The van der Waals surface area contributed by atoms with Crippen LogP contribution in [0.4, 0.5) is 0 Å². The molecule has 0 aromatic rings. The van der Waals surface area contributed by atoms with Crippen LogP contribution in [0.3, 0.4) is 0 Å². The highest BCUT2D eigenvalue weighted by molar-refractivity contribution is 5.92. The quantitative estimate of drug-likeness (QED) is 0.335. The number of carbonyl (C=O) groups is 1. The molecule has 0 saturated carbocycles. The number of carbonyl (C=O) groups excluding carboxylic acids is 1. The predicted octanol–water partition coefficient (Wildman–Crippen LogP) is -0.786. The lowest BCUT2D eigenvalue weighted by Crippen LogP contribution is -2.38. The number of amides is 1. The minimum Gasteiger partial charge on any atom is -0.403 e. The summed E-state index contributed by atoms with van der Waals surface area (Å²) >= 11 is 0. The zero-order valence-corrected chi connectivity index (χ0v) is 7.86. The van der Waals surface area contributed by atoms with Crippen molar-refractivity contribution in [3.05, 3.63) is 11.9 Å². The summed E-state index contributed by atoms with van der Waals surface area (Å²) in [5, 5.41) is 1.25. The van der Waals surface area contributed by atoms with Gasteiger partial charge in [0.1, 0.15) is 5.70 Å². The highest BCUT2D eigenvalue weighted by atomic mass is 16.2. The van der Waals surface area contributed by atoms with E-state index >= 15 is 0 Å².